The summed E-state index contributed by atoms with van der Waals surface area (Å²) in [5, 5.41) is 23.7. The molecule has 47 heavy (non-hydrogen) atoms. The van der Waals surface area contributed by atoms with Crippen LogP contribution < -0.4 is 20.9 Å². The standard InChI is InChI=1S/C21H24N2O2.C19H22N2O/c1-15(24)22-19-7-8-20-17(13-19)9-12-23(20)14-16-3-5-18(6-4-16)21(25)10-2-11-21;20-17-6-7-18-15(12-17)8-11-21(18)13-14-2-4-16(5-3-14)19(22)9-1-10-19/h3-8,13,25H,2,9-12,14H2,1H3,(H,22,24);2-7,12,22H,1,8-11,13,20H2. The third-order valence-corrected chi connectivity index (χ3v) is 10.6. The first-order valence-electron chi connectivity index (χ1n) is 17.1. The van der Waals surface area contributed by atoms with Gasteiger partial charge >= 0.3 is 0 Å². The summed E-state index contributed by atoms with van der Waals surface area (Å²) in [6.45, 7) is 5.35. The number of carbonyl (C=O) groups excluding carboxylic acids is 1. The zero-order valence-corrected chi connectivity index (χ0v) is 27.3. The lowest BCUT2D eigenvalue weighted by Crippen LogP contribution is -2.33. The molecule has 2 saturated carbocycles. The SMILES string of the molecule is CC(=O)Nc1ccc2c(c1)CCN2Cc1ccc(C2(O)CCC2)cc1.Nc1ccc2c(c1)CCN2Cc1ccc(C2(O)CCC2)cc1. The number of nitrogen functional groups attached to an aromatic ring is 1. The number of nitrogens with one attached hydrogen (secondary N) is 1. The van der Waals surface area contributed by atoms with Crippen molar-refractivity contribution in [2.75, 3.05) is 33.9 Å². The van der Waals surface area contributed by atoms with Gasteiger partial charge in [0.15, 0.2) is 0 Å². The number of amides is 1. The normalized spacial score (nSPS) is 18.3. The van der Waals surface area contributed by atoms with Crippen molar-refractivity contribution in [2.45, 2.75) is 82.6 Å². The van der Waals surface area contributed by atoms with Gasteiger partial charge in [0.1, 0.15) is 0 Å². The van der Waals surface area contributed by atoms with Gasteiger partial charge in [-0.15, -0.1) is 0 Å². The Balaban J connectivity index is 0.000000151. The van der Waals surface area contributed by atoms with Crippen LogP contribution in [0.4, 0.5) is 22.7 Å². The number of aliphatic hydroxyl groups is 2. The quantitative estimate of drug-likeness (QED) is 0.168. The first-order chi connectivity index (χ1) is 22.7. The van der Waals surface area contributed by atoms with Crippen LogP contribution in [0.5, 0.6) is 0 Å². The summed E-state index contributed by atoms with van der Waals surface area (Å²) in [6.07, 6.45) is 7.86. The Morgan fingerprint density at radius 1 is 0.702 bits per heavy atom. The summed E-state index contributed by atoms with van der Waals surface area (Å²) in [7, 11) is 0. The summed E-state index contributed by atoms with van der Waals surface area (Å²) in [5.41, 5.74) is 16.3. The van der Waals surface area contributed by atoms with Crippen LogP contribution in [0.15, 0.2) is 84.9 Å². The Kier molecular flexibility index (Phi) is 8.45. The smallest absolute Gasteiger partial charge is 0.221 e. The van der Waals surface area contributed by atoms with Crippen LogP contribution in [-0.4, -0.2) is 29.2 Å². The van der Waals surface area contributed by atoms with Crippen molar-refractivity contribution in [3.05, 3.63) is 118 Å². The van der Waals surface area contributed by atoms with Crippen molar-refractivity contribution in [3.63, 3.8) is 0 Å². The lowest BCUT2D eigenvalue weighted by molar-refractivity contribution is -0.114. The Hall–Kier alpha value is -4.33. The highest BCUT2D eigenvalue weighted by Gasteiger charge is 2.37. The maximum atomic E-state index is 11.2. The Labute approximate surface area is 278 Å². The lowest BCUT2D eigenvalue weighted by atomic mass is 9.75. The first-order valence-corrected chi connectivity index (χ1v) is 17.1. The van der Waals surface area contributed by atoms with E-state index in [4.69, 9.17) is 5.73 Å². The molecule has 0 radical (unpaired) electrons. The summed E-state index contributed by atoms with van der Waals surface area (Å²) in [5.74, 6) is -0.0389. The second-order valence-corrected chi connectivity index (χ2v) is 13.9. The van der Waals surface area contributed by atoms with Gasteiger partial charge < -0.3 is 31.1 Å². The predicted molar refractivity (Wildman–Crippen MR) is 189 cm³/mol. The van der Waals surface area contributed by atoms with Gasteiger partial charge in [0.05, 0.1) is 11.2 Å². The van der Waals surface area contributed by atoms with Crippen molar-refractivity contribution in [3.8, 4) is 0 Å². The minimum absolute atomic E-state index is 0.0389. The van der Waals surface area contributed by atoms with Crippen LogP contribution in [0.2, 0.25) is 0 Å². The number of carbonyl (C=O) groups is 1. The zero-order valence-electron chi connectivity index (χ0n) is 27.3. The molecule has 0 spiro atoms. The van der Waals surface area contributed by atoms with E-state index in [1.54, 1.807) is 0 Å². The molecule has 2 aliphatic heterocycles. The second-order valence-electron chi connectivity index (χ2n) is 13.9. The van der Waals surface area contributed by atoms with E-state index in [2.05, 4.69) is 87.9 Å². The van der Waals surface area contributed by atoms with Crippen molar-refractivity contribution in [1.29, 1.82) is 0 Å². The van der Waals surface area contributed by atoms with E-state index in [1.807, 2.05) is 12.1 Å². The average molecular weight is 631 g/mol. The molecule has 4 aromatic carbocycles. The fraction of sp³-hybridized carbons (Fsp3) is 0.375. The van der Waals surface area contributed by atoms with Gasteiger partial charge in [-0.05, 0) is 121 Å². The molecule has 4 aliphatic rings. The third kappa shape index (κ3) is 6.60. The second kappa shape index (κ2) is 12.7. The van der Waals surface area contributed by atoms with E-state index in [-0.39, 0.29) is 5.91 Å². The third-order valence-electron chi connectivity index (χ3n) is 10.6. The molecule has 0 bridgehead atoms. The van der Waals surface area contributed by atoms with E-state index in [0.717, 1.165) is 100 Å². The molecular formula is C40H46N4O3. The monoisotopic (exact) mass is 630 g/mol. The van der Waals surface area contributed by atoms with Gasteiger partial charge in [0, 0.05) is 55.9 Å². The van der Waals surface area contributed by atoms with Crippen LogP contribution in [0.3, 0.4) is 0 Å². The van der Waals surface area contributed by atoms with E-state index >= 15 is 0 Å². The minimum Gasteiger partial charge on any atom is -0.399 e. The van der Waals surface area contributed by atoms with Gasteiger partial charge in [-0.1, -0.05) is 48.5 Å². The molecule has 0 saturated heterocycles. The van der Waals surface area contributed by atoms with E-state index in [0.29, 0.717) is 0 Å². The number of hydrogen-bond donors (Lipinski definition) is 4. The van der Waals surface area contributed by atoms with Crippen LogP contribution in [-0.2, 0) is 41.9 Å². The fourth-order valence-corrected chi connectivity index (χ4v) is 7.45. The maximum Gasteiger partial charge on any atom is 0.221 e. The molecule has 244 valence electrons. The van der Waals surface area contributed by atoms with Crippen LogP contribution >= 0.6 is 0 Å². The highest BCUT2D eigenvalue weighted by molar-refractivity contribution is 5.89. The van der Waals surface area contributed by atoms with E-state index < -0.39 is 11.2 Å². The molecule has 8 rings (SSSR count). The minimum atomic E-state index is -0.584. The lowest BCUT2D eigenvalue weighted by Gasteiger charge is -2.37. The molecule has 7 nitrogen and oxygen atoms in total. The topological polar surface area (TPSA) is 102 Å². The number of nitrogens with two attached hydrogens (primary N) is 1. The molecular weight excluding hydrogens is 584 g/mol. The Morgan fingerprint density at radius 2 is 1.17 bits per heavy atom. The molecule has 0 atom stereocenters. The molecule has 7 heteroatoms. The number of fused-ring (bicyclic) bond motifs is 2. The fourth-order valence-electron chi connectivity index (χ4n) is 7.45. The Morgan fingerprint density at radius 3 is 1.62 bits per heavy atom. The highest BCUT2D eigenvalue weighted by Crippen LogP contribution is 2.42. The number of benzene rings is 4. The first kappa shape index (κ1) is 31.3. The van der Waals surface area contributed by atoms with Gasteiger partial charge in [-0.25, -0.2) is 0 Å². The van der Waals surface area contributed by atoms with Crippen LogP contribution in [0.25, 0.3) is 0 Å². The molecule has 2 aliphatic carbocycles. The van der Waals surface area contributed by atoms with Crippen molar-refractivity contribution < 1.29 is 15.0 Å². The van der Waals surface area contributed by atoms with Crippen molar-refractivity contribution in [1.82, 2.24) is 0 Å². The van der Waals surface area contributed by atoms with Crippen molar-refractivity contribution in [2.24, 2.45) is 0 Å². The van der Waals surface area contributed by atoms with E-state index in [1.165, 1.54) is 40.6 Å². The maximum absolute atomic E-state index is 11.2. The number of rotatable bonds is 7. The van der Waals surface area contributed by atoms with Crippen LogP contribution in [0.1, 0.15) is 78.8 Å². The molecule has 0 aromatic heterocycles. The zero-order chi connectivity index (χ0) is 32.6. The van der Waals surface area contributed by atoms with Gasteiger partial charge in [0.2, 0.25) is 5.91 Å². The predicted octanol–water partition coefficient (Wildman–Crippen LogP) is 6.78. The molecule has 0 unspecified atom stereocenters. The summed E-state index contributed by atoms with van der Waals surface area (Å²) in [4.78, 5) is 16.0. The molecule has 2 heterocycles. The number of anilines is 4. The molecule has 4 aromatic rings. The van der Waals surface area contributed by atoms with Gasteiger partial charge in [-0.2, -0.15) is 0 Å². The number of hydrogen-bond acceptors (Lipinski definition) is 6. The van der Waals surface area contributed by atoms with Crippen LogP contribution in [0, 0.1) is 0 Å². The highest BCUT2D eigenvalue weighted by atomic mass is 16.3. The Bertz CT molecular complexity index is 1740. The number of nitrogens with zero attached hydrogens (tertiary/aromatic N) is 2. The average Bonchev–Trinajstić information content (AvgIpc) is 3.62. The largest absolute Gasteiger partial charge is 0.399 e. The molecule has 1 amide bonds. The van der Waals surface area contributed by atoms with Gasteiger partial charge in [-0.3, -0.25) is 4.79 Å². The van der Waals surface area contributed by atoms with Crippen molar-refractivity contribution >= 4 is 28.7 Å². The summed E-state index contributed by atoms with van der Waals surface area (Å²) < 4.78 is 0. The molecule has 2 fully saturated rings. The summed E-state index contributed by atoms with van der Waals surface area (Å²) in [6, 6.07) is 29.2. The summed E-state index contributed by atoms with van der Waals surface area (Å²) >= 11 is 0. The molecule has 5 N–H and O–H groups in total. The van der Waals surface area contributed by atoms with Gasteiger partial charge in [0.25, 0.3) is 0 Å². The van der Waals surface area contributed by atoms with E-state index in [9.17, 15) is 15.0 Å².